The minimum atomic E-state index is -0.640. The fourth-order valence-corrected chi connectivity index (χ4v) is 8.32. The van der Waals surface area contributed by atoms with Gasteiger partial charge in [0.15, 0.2) is 0 Å². The molecule has 0 radical (unpaired) electrons. The molecule has 0 unspecified atom stereocenters. The van der Waals surface area contributed by atoms with Crippen LogP contribution in [0.3, 0.4) is 0 Å². The lowest BCUT2D eigenvalue weighted by Gasteiger charge is -2.44. The van der Waals surface area contributed by atoms with Crippen molar-refractivity contribution >= 4 is 0 Å². The van der Waals surface area contributed by atoms with E-state index >= 15 is 0 Å². The van der Waals surface area contributed by atoms with Crippen LogP contribution in [-0.4, -0.2) is 43.6 Å². The molecule has 4 fully saturated rings. The number of imidazole rings is 1. The summed E-state index contributed by atoms with van der Waals surface area (Å²) in [5.41, 5.74) is 4.49. The van der Waals surface area contributed by atoms with Crippen molar-refractivity contribution in [1.82, 2.24) is 9.97 Å². The van der Waals surface area contributed by atoms with Gasteiger partial charge in [-0.25, -0.2) is 4.98 Å². The van der Waals surface area contributed by atoms with E-state index in [9.17, 15) is 15.3 Å². The largest absolute Gasteiger partial charge is 0.393 e. The molecule has 7 atom stereocenters. The van der Waals surface area contributed by atoms with E-state index in [1.165, 1.54) is 56.2 Å². The predicted molar refractivity (Wildman–Crippen MR) is 162 cm³/mol. The molecule has 1 aromatic rings. The summed E-state index contributed by atoms with van der Waals surface area (Å²) in [6, 6.07) is 0. The van der Waals surface area contributed by atoms with Gasteiger partial charge in [0.25, 0.3) is 0 Å². The van der Waals surface area contributed by atoms with Crippen molar-refractivity contribution in [2.24, 2.45) is 23.2 Å². The fourth-order valence-electron chi connectivity index (χ4n) is 8.32. The van der Waals surface area contributed by atoms with Gasteiger partial charge in [0.2, 0.25) is 0 Å². The Bertz CT molecular complexity index is 1140. The molecule has 5 nitrogen and oxygen atoms in total. The lowest BCUT2D eigenvalue weighted by atomic mass is 9.61. The summed E-state index contributed by atoms with van der Waals surface area (Å²) in [5, 5.41) is 31.7. The summed E-state index contributed by atoms with van der Waals surface area (Å²) in [7, 11) is 0. The Hall–Kier alpha value is -1.95. The number of aliphatic hydroxyl groups excluding tert-OH is 3. The third kappa shape index (κ3) is 5.84. The molecule has 0 aromatic carbocycles. The Labute approximate surface area is 241 Å². The van der Waals surface area contributed by atoms with Crippen LogP contribution in [0.1, 0.15) is 109 Å². The molecule has 40 heavy (non-hydrogen) atoms. The molecule has 1 heterocycles. The number of hydrogen-bond acceptors (Lipinski definition) is 4. The summed E-state index contributed by atoms with van der Waals surface area (Å²) < 4.78 is 0. The second-order valence-corrected chi connectivity index (χ2v) is 13.7. The molecule has 4 aliphatic rings. The Morgan fingerprint density at radius 3 is 2.70 bits per heavy atom. The van der Waals surface area contributed by atoms with Crippen LogP contribution in [0.5, 0.6) is 0 Å². The zero-order valence-electron chi connectivity index (χ0n) is 25.0. The highest BCUT2D eigenvalue weighted by Crippen LogP contribution is 2.59. The molecule has 5 rings (SSSR count). The van der Waals surface area contributed by atoms with E-state index in [2.05, 4.69) is 56.6 Å². The molecule has 4 saturated carbocycles. The number of H-pyrrole nitrogens is 1. The predicted octanol–water partition coefficient (Wildman–Crippen LogP) is 6.87. The summed E-state index contributed by atoms with van der Waals surface area (Å²) in [6.07, 6.45) is 22.7. The van der Waals surface area contributed by atoms with Crippen LogP contribution >= 0.6 is 0 Å². The van der Waals surface area contributed by atoms with Gasteiger partial charge in [-0.2, -0.15) is 0 Å². The summed E-state index contributed by atoms with van der Waals surface area (Å²) in [4.78, 5) is 8.24. The molecule has 0 saturated heterocycles. The van der Waals surface area contributed by atoms with Crippen LogP contribution in [0, 0.1) is 23.2 Å². The van der Waals surface area contributed by atoms with Crippen LogP contribution in [-0.2, 0) is 11.8 Å². The highest BCUT2D eigenvalue weighted by Gasteiger charge is 2.53. The quantitative estimate of drug-likeness (QED) is 0.190. The van der Waals surface area contributed by atoms with E-state index in [1.54, 1.807) is 0 Å². The second kappa shape index (κ2) is 12.1. The molecule has 4 N–H and O–H groups in total. The highest BCUT2D eigenvalue weighted by atomic mass is 16.3. The van der Waals surface area contributed by atoms with Gasteiger partial charge in [0.1, 0.15) is 5.82 Å². The Balaban J connectivity index is 1.24. The van der Waals surface area contributed by atoms with E-state index < -0.39 is 18.3 Å². The number of hydrogen-bond donors (Lipinski definition) is 4. The zero-order valence-corrected chi connectivity index (χ0v) is 25.0. The first kappa shape index (κ1) is 29.5. The van der Waals surface area contributed by atoms with Crippen molar-refractivity contribution < 1.29 is 15.3 Å². The number of allylic oxidation sites excluding steroid dienone is 4. The molecule has 0 amide bonds. The van der Waals surface area contributed by atoms with Gasteiger partial charge in [-0.05, 0) is 98.5 Å². The number of unbranched alkanes of at least 4 members (excludes halogenated alkanes) is 2. The van der Waals surface area contributed by atoms with Crippen molar-refractivity contribution in [3.8, 4) is 0 Å². The van der Waals surface area contributed by atoms with Crippen molar-refractivity contribution in [3.05, 3.63) is 65.3 Å². The number of aromatic nitrogens is 2. The molecule has 4 aliphatic carbocycles. The Morgan fingerprint density at radius 2 is 1.95 bits per heavy atom. The van der Waals surface area contributed by atoms with Gasteiger partial charge < -0.3 is 20.3 Å². The van der Waals surface area contributed by atoms with Crippen LogP contribution < -0.4 is 0 Å². The number of aromatic amines is 1. The lowest BCUT2D eigenvalue weighted by Crippen LogP contribution is -2.35. The molecular formula is C35H52N2O3. The molecular weight excluding hydrogens is 496 g/mol. The van der Waals surface area contributed by atoms with Crippen molar-refractivity contribution in [1.29, 1.82) is 0 Å². The Morgan fingerprint density at radius 1 is 1.15 bits per heavy atom. The normalized spacial score (nSPS) is 35.4. The minimum absolute atomic E-state index is 0.236. The first-order valence-electron chi connectivity index (χ1n) is 16.0. The van der Waals surface area contributed by atoms with Gasteiger partial charge in [-0.15, -0.1) is 0 Å². The minimum Gasteiger partial charge on any atom is -0.393 e. The van der Waals surface area contributed by atoms with Gasteiger partial charge in [0.05, 0.1) is 23.7 Å². The average Bonchev–Trinajstić information content (AvgIpc) is 3.46. The van der Waals surface area contributed by atoms with E-state index in [0.717, 1.165) is 42.7 Å². The smallest absolute Gasteiger partial charge is 0.115 e. The standard InChI is InChI=1S/C35H52N2O3/c1-5-6-7-10-27-22-36-33(37-27)35(18-19-35)32(40)16-11-23(2)29-14-15-30-25(9-8-17-34(29,30)4)12-13-26-20-28(38)21-31(39)24(26)3/h11-13,16,22-23,28-32,38-40H,3,5-10,14-15,17-21H2,1-2,4H3,(H,36,37)/b16-11+,25-12+,26-13-/t23-,28-,29-,30+,31+,32+,34-/m1/s1. The molecule has 0 aliphatic heterocycles. The van der Waals surface area contributed by atoms with E-state index in [-0.39, 0.29) is 10.8 Å². The average molecular weight is 549 g/mol. The first-order valence-corrected chi connectivity index (χ1v) is 16.0. The summed E-state index contributed by atoms with van der Waals surface area (Å²) >= 11 is 0. The molecule has 5 heteroatoms. The van der Waals surface area contributed by atoms with E-state index in [1.807, 2.05) is 6.20 Å². The van der Waals surface area contributed by atoms with Crippen molar-refractivity contribution in [3.63, 3.8) is 0 Å². The summed E-state index contributed by atoms with van der Waals surface area (Å²) in [5.74, 6) is 2.53. The molecule has 0 spiro atoms. The SMILES string of the molecule is C=C1/C(=C\C=C2/CCC[C@]3(C)[C@@H]([C@H](C)/C=C/[C@H](O)C4(c5ncc(CCCCC)[nH]5)CC4)CC[C@@H]23)C[C@@H](O)C[C@@H]1O. The maximum absolute atomic E-state index is 11.3. The number of nitrogens with one attached hydrogen (secondary N) is 1. The first-order chi connectivity index (χ1) is 19.2. The third-order valence-electron chi connectivity index (χ3n) is 11.0. The van der Waals surface area contributed by atoms with Crippen LogP contribution in [0.2, 0.25) is 0 Å². The molecule has 1 aromatic heterocycles. The van der Waals surface area contributed by atoms with Crippen molar-refractivity contribution in [2.45, 2.75) is 128 Å². The maximum atomic E-state index is 11.3. The Kier molecular flexibility index (Phi) is 8.94. The van der Waals surface area contributed by atoms with Gasteiger partial charge in [0, 0.05) is 18.3 Å². The highest BCUT2D eigenvalue weighted by molar-refractivity contribution is 5.39. The second-order valence-electron chi connectivity index (χ2n) is 13.7. The number of aliphatic hydroxyl groups is 3. The van der Waals surface area contributed by atoms with E-state index in [0.29, 0.717) is 30.6 Å². The maximum Gasteiger partial charge on any atom is 0.115 e. The summed E-state index contributed by atoms with van der Waals surface area (Å²) in [6.45, 7) is 11.2. The van der Waals surface area contributed by atoms with Gasteiger partial charge in [-0.3, -0.25) is 0 Å². The van der Waals surface area contributed by atoms with Gasteiger partial charge in [-0.1, -0.05) is 70.1 Å². The zero-order chi connectivity index (χ0) is 28.5. The number of fused-ring (bicyclic) bond motifs is 1. The van der Waals surface area contributed by atoms with Crippen molar-refractivity contribution in [2.75, 3.05) is 0 Å². The fraction of sp³-hybridized carbons (Fsp3) is 0.686. The number of aryl methyl sites for hydroxylation is 1. The molecule has 220 valence electrons. The third-order valence-corrected chi connectivity index (χ3v) is 11.0. The monoisotopic (exact) mass is 548 g/mol. The van der Waals surface area contributed by atoms with Crippen LogP contribution in [0.25, 0.3) is 0 Å². The lowest BCUT2D eigenvalue weighted by molar-refractivity contribution is 0.0862. The van der Waals surface area contributed by atoms with Crippen LogP contribution in [0.4, 0.5) is 0 Å². The number of nitrogens with zero attached hydrogens (tertiary/aromatic N) is 1. The molecule has 0 bridgehead atoms. The van der Waals surface area contributed by atoms with Gasteiger partial charge >= 0.3 is 0 Å². The topological polar surface area (TPSA) is 89.4 Å². The number of rotatable bonds is 10. The van der Waals surface area contributed by atoms with E-state index in [4.69, 9.17) is 4.98 Å². The van der Waals surface area contributed by atoms with Crippen LogP contribution in [0.15, 0.2) is 53.8 Å².